The van der Waals surface area contributed by atoms with E-state index in [-0.39, 0.29) is 5.97 Å². The van der Waals surface area contributed by atoms with Crippen molar-refractivity contribution >= 4 is 17.6 Å². The predicted molar refractivity (Wildman–Crippen MR) is 73.6 cm³/mol. The molecule has 0 amide bonds. The molecule has 0 aromatic carbocycles. The van der Waals surface area contributed by atoms with Gasteiger partial charge >= 0.3 is 5.97 Å². The molecule has 1 atom stereocenters. The number of esters is 1. The fraction of sp³-hybridized carbons (Fsp3) is 0.583. The van der Waals surface area contributed by atoms with Crippen molar-refractivity contribution in [2.24, 2.45) is 5.84 Å². The minimum Gasteiger partial charge on any atom is -0.464 e. The number of rotatable bonds is 7. The summed E-state index contributed by atoms with van der Waals surface area (Å²) < 4.78 is 4.95. The molecule has 0 aliphatic heterocycles. The van der Waals surface area contributed by atoms with Gasteiger partial charge < -0.3 is 15.5 Å². The fourth-order valence-electron chi connectivity index (χ4n) is 1.68. The lowest BCUT2D eigenvalue weighted by Gasteiger charge is -2.17. The first kappa shape index (κ1) is 15.2. The average molecular weight is 267 g/mol. The van der Waals surface area contributed by atoms with Gasteiger partial charge in [-0.2, -0.15) is 0 Å². The van der Waals surface area contributed by atoms with Crippen molar-refractivity contribution in [2.75, 3.05) is 17.3 Å². The Morgan fingerprint density at radius 3 is 2.68 bits per heavy atom. The molecule has 7 heteroatoms. The summed E-state index contributed by atoms with van der Waals surface area (Å²) in [6.07, 6.45) is 3.08. The number of hydrazine groups is 1. The number of nitrogens with zero attached hydrogens (tertiary/aromatic N) is 2. The third-order valence-electron chi connectivity index (χ3n) is 2.58. The van der Waals surface area contributed by atoms with Gasteiger partial charge in [-0.1, -0.05) is 13.3 Å². The van der Waals surface area contributed by atoms with Gasteiger partial charge in [0.05, 0.1) is 6.61 Å². The largest absolute Gasteiger partial charge is 0.464 e. The van der Waals surface area contributed by atoms with E-state index in [1.165, 1.54) is 6.33 Å². The van der Waals surface area contributed by atoms with Gasteiger partial charge in [0.25, 0.3) is 0 Å². The van der Waals surface area contributed by atoms with Gasteiger partial charge in [-0.25, -0.2) is 20.6 Å². The molecule has 0 saturated carbocycles. The molecule has 0 saturated heterocycles. The number of nitrogens with one attached hydrogen (secondary N) is 2. The topological polar surface area (TPSA) is 102 Å². The van der Waals surface area contributed by atoms with Crippen LogP contribution in [0.15, 0.2) is 6.33 Å². The summed E-state index contributed by atoms with van der Waals surface area (Å²) in [4.78, 5) is 19.8. The van der Waals surface area contributed by atoms with Crippen LogP contribution in [0.1, 0.15) is 32.8 Å². The molecular weight excluding hydrogens is 246 g/mol. The number of anilines is 2. The van der Waals surface area contributed by atoms with Gasteiger partial charge in [0, 0.05) is 5.56 Å². The molecule has 7 nitrogen and oxygen atoms in total. The Labute approximate surface area is 112 Å². The lowest BCUT2D eigenvalue weighted by molar-refractivity contribution is -0.143. The van der Waals surface area contributed by atoms with Crippen molar-refractivity contribution in [1.29, 1.82) is 0 Å². The maximum Gasteiger partial charge on any atom is 0.328 e. The van der Waals surface area contributed by atoms with Gasteiger partial charge in [-0.05, 0) is 20.3 Å². The average Bonchev–Trinajstić information content (AvgIpc) is 2.41. The second kappa shape index (κ2) is 7.52. The Morgan fingerprint density at radius 1 is 1.42 bits per heavy atom. The van der Waals surface area contributed by atoms with E-state index >= 15 is 0 Å². The zero-order chi connectivity index (χ0) is 14.3. The van der Waals surface area contributed by atoms with Crippen LogP contribution in [0.25, 0.3) is 0 Å². The molecule has 0 aliphatic rings. The molecule has 4 N–H and O–H groups in total. The van der Waals surface area contributed by atoms with E-state index in [1.807, 2.05) is 6.92 Å². The third-order valence-corrected chi connectivity index (χ3v) is 2.58. The Bertz CT molecular complexity index is 425. The first-order chi connectivity index (χ1) is 9.13. The van der Waals surface area contributed by atoms with Crippen LogP contribution in [0.4, 0.5) is 11.6 Å². The van der Waals surface area contributed by atoms with E-state index < -0.39 is 6.04 Å². The van der Waals surface area contributed by atoms with Gasteiger partial charge in [0.1, 0.15) is 24.0 Å². The number of aromatic nitrogens is 2. The zero-order valence-corrected chi connectivity index (χ0v) is 11.6. The standard InChI is InChI=1S/C12H21N5O2/c1-4-6-9-10(14-7-15-11(9)17-13)16-8(3)12(18)19-5-2/h7-8H,4-6,13H2,1-3H3,(H2,14,15,16,17). The van der Waals surface area contributed by atoms with E-state index in [0.29, 0.717) is 18.2 Å². The molecule has 1 rings (SSSR count). The minimum absolute atomic E-state index is 0.314. The van der Waals surface area contributed by atoms with E-state index in [0.717, 1.165) is 18.4 Å². The molecule has 1 unspecified atom stereocenters. The summed E-state index contributed by atoms with van der Waals surface area (Å²) in [5.41, 5.74) is 3.41. The summed E-state index contributed by atoms with van der Waals surface area (Å²) in [6.45, 7) is 5.90. The van der Waals surface area contributed by atoms with Crippen LogP contribution in [-0.4, -0.2) is 28.6 Å². The predicted octanol–water partition coefficient (Wildman–Crippen LogP) is 1.08. The molecule has 19 heavy (non-hydrogen) atoms. The van der Waals surface area contributed by atoms with E-state index in [4.69, 9.17) is 10.6 Å². The number of nitrogens with two attached hydrogens (primary N) is 1. The van der Waals surface area contributed by atoms with Crippen molar-refractivity contribution in [2.45, 2.75) is 39.7 Å². The molecule has 1 aromatic heterocycles. The maximum absolute atomic E-state index is 11.6. The highest BCUT2D eigenvalue weighted by Crippen LogP contribution is 2.21. The second-order valence-electron chi connectivity index (χ2n) is 4.06. The van der Waals surface area contributed by atoms with Crippen molar-refractivity contribution in [3.63, 3.8) is 0 Å². The second-order valence-corrected chi connectivity index (χ2v) is 4.06. The van der Waals surface area contributed by atoms with Gasteiger partial charge in [-0.3, -0.25) is 0 Å². The smallest absolute Gasteiger partial charge is 0.328 e. The van der Waals surface area contributed by atoms with E-state index in [1.54, 1.807) is 13.8 Å². The highest BCUT2D eigenvalue weighted by molar-refractivity contribution is 5.79. The highest BCUT2D eigenvalue weighted by atomic mass is 16.5. The molecule has 0 spiro atoms. The first-order valence-electron chi connectivity index (χ1n) is 6.37. The zero-order valence-electron chi connectivity index (χ0n) is 11.6. The Balaban J connectivity index is 2.90. The quantitative estimate of drug-likeness (QED) is 0.386. The van der Waals surface area contributed by atoms with Gasteiger partial charge in [-0.15, -0.1) is 0 Å². The van der Waals surface area contributed by atoms with Crippen LogP contribution >= 0.6 is 0 Å². The normalized spacial score (nSPS) is 11.8. The lowest BCUT2D eigenvalue weighted by atomic mass is 10.1. The number of hydrogen-bond acceptors (Lipinski definition) is 7. The monoisotopic (exact) mass is 267 g/mol. The number of carbonyl (C=O) groups excluding carboxylic acids is 1. The van der Waals surface area contributed by atoms with Crippen LogP contribution < -0.4 is 16.6 Å². The number of nitrogen functional groups attached to an aromatic ring is 1. The minimum atomic E-state index is -0.476. The molecule has 0 aliphatic carbocycles. The van der Waals surface area contributed by atoms with Crippen LogP contribution in [-0.2, 0) is 16.0 Å². The molecule has 106 valence electrons. The summed E-state index contributed by atoms with van der Waals surface area (Å²) in [6, 6.07) is -0.476. The van der Waals surface area contributed by atoms with Crippen LogP contribution in [0.3, 0.4) is 0 Å². The molecule has 0 fully saturated rings. The molecule has 1 aromatic rings. The van der Waals surface area contributed by atoms with Crippen molar-refractivity contribution in [3.05, 3.63) is 11.9 Å². The van der Waals surface area contributed by atoms with Crippen LogP contribution in [0.2, 0.25) is 0 Å². The lowest BCUT2D eigenvalue weighted by Crippen LogP contribution is -2.29. The summed E-state index contributed by atoms with van der Waals surface area (Å²) in [5, 5.41) is 3.03. The molecular formula is C12H21N5O2. The van der Waals surface area contributed by atoms with Crippen molar-refractivity contribution in [1.82, 2.24) is 9.97 Å². The third kappa shape index (κ3) is 4.06. The first-order valence-corrected chi connectivity index (χ1v) is 6.37. The number of carbonyl (C=O) groups is 1. The molecule has 0 radical (unpaired) electrons. The summed E-state index contributed by atoms with van der Waals surface area (Å²) >= 11 is 0. The summed E-state index contributed by atoms with van der Waals surface area (Å²) in [5.74, 6) is 6.28. The van der Waals surface area contributed by atoms with Crippen LogP contribution in [0.5, 0.6) is 0 Å². The Kier molecular flexibility index (Phi) is 6.01. The SMILES string of the molecule is CCCc1c(NN)ncnc1NC(C)C(=O)OCC. The van der Waals surface area contributed by atoms with Crippen LogP contribution in [0, 0.1) is 0 Å². The van der Waals surface area contributed by atoms with Gasteiger partial charge in [0.15, 0.2) is 0 Å². The Morgan fingerprint density at radius 2 is 2.11 bits per heavy atom. The molecule has 1 heterocycles. The van der Waals surface area contributed by atoms with E-state index in [9.17, 15) is 4.79 Å². The fourth-order valence-corrected chi connectivity index (χ4v) is 1.68. The van der Waals surface area contributed by atoms with E-state index in [2.05, 4.69) is 20.7 Å². The van der Waals surface area contributed by atoms with Crippen molar-refractivity contribution < 1.29 is 9.53 Å². The van der Waals surface area contributed by atoms with Gasteiger partial charge in [0.2, 0.25) is 0 Å². The Hall–Kier alpha value is -1.89. The number of ether oxygens (including phenoxy) is 1. The summed E-state index contributed by atoms with van der Waals surface area (Å²) in [7, 11) is 0. The number of hydrogen-bond donors (Lipinski definition) is 3. The maximum atomic E-state index is 11.6. The highest BCUT2D eigenvalue weighted by Gasteiger charge is 2.17. The molecule has 0 bridgehead atoms. The van der Waals surface area contributed by atoms with Crippen molar-refractivity contribution in [3.8, 4) is 0 Å².